The maximum absolute atomic E-state index is 11.5. The molecule has 1 atom stereocenters. The number of hydrogen-bond donors (Lipinski definition) is 2. The zero-order valence-corrected chi connectivity index (χ0v) is 9.86. The van der Waals surface area contributed by atoms with Crippen LogP contribution in [0.15, 0.2) is 12.3 Å². The Morgan fingerprint density at radius 2 is 2.25 bits per heavy atom. The number of primary amides is 1. The van der Waals surface area contributed by atoms with Crippen LogP contribution in [-0.4, -0.2) is 10.5 Å². The van der Waals surface area contributed by atoms with Crippen molar-refractivity contribution in [3.05, 3.63) is 23.5 Å². The third-order valence-corrected chi connectivity index (χ3v) is 3.56. The van der Waals surface area contributed by atoms with Crippen LogP contribution in [0, 0.1) is 0 Å². The number of hydrogen-bond acceptors (Lipinski definition) is 2. The van der Waals surface area contributed by atoms with E-state index in [2.05, 4.69) is 0 Å². The van der Waals surface area contributed by atoms with Crippen molar-refractivity contribution in [3.63, 3.8) is 0 Å². The molecule has 0 bridgehead atoms. The zero-order valence-electron chi connectivity index (χ0n) is 9.86. The Hall–Kier alpha value is -1.29. The molecule has 1 aromatic heterocycles. The molecule has 0 aliphatic heterocycles. The highest BCUT2D eigenvalue weighted by Gasteiger charge is 2.31. The molecule has 1 aliphatic carbocycles. The molecule has 0 fully saturated rings. The van der Waals surface area contributed by atoms with Crippen LogP contribution in [0.4, 0.5) is 0 Å². The first-order valence-corrected chi connectivity index (χ1v) is 5.70. The fourth-order valence-electron chi connectivity index (χ4n) is 2.37. The lowest BCUT2D eigenvalue weighted by Gasteiger charge is -2.29. The van der Waals surface area contributed by atoms with E-state index in [0.717, 1.165) is 19.3 Å². The van der Waals surface area contributed by atoms with Gasteiger partial charge in [-0.2, -0.15) is 0 Å². The van der Waals surface area contributed by atoms with Gasteiger partial charge in [-0.15, -0.1) is 0 Å². The monoisotopic (exact) mass is 221 g/mol. The van der Waals surface area contributed by atoms with Crippen molar-refractivity contribution in [2.75, 3.05) is 0 Å². The summed E-state index contributed by atoms with van der Waals surface area (Å²) in [6.07, 6.45) is 5.01. The van der Waals surface area contributed by atoms with Crippen molar-refractivity contribution in [2.45, 2.75) is 44.7 Å². The Bertz CT molecular complexity index is 420. The lowest BCUT2D eigenvalue weighted by molar-refractivity contribution is -0.125. The third kappa shape index (κ3) is 1.53. The smallest absolute Gasteiger partial charge is 0.243 e. The van der Waals surface area contributed by atoms with Gasteiger partial charge in [-0.3, -0.25) is 4.79 Å². The van der Waals surface area contributed by atoms with Gasteiger partial charge in [0.1, 0.15) is 5.54 Å². The lowest BCUT2D eigenvalue weighted by atomic mass is 9.92. The predicted octanol–water partition coefficient (Wildman–Crippen LogP) is 1.04. The van der Waals surface area contributed by atoms with Gasteiger partial charge in [-0.1, -0.05) is 0 Å². The summed E-state index contributed by atoms with van der Waals surface area (Å²) in [4.78, 5) is 11.5. The maximum Gasteiger partial charge on any atom is 0.243 e. The number of nitrogens with zero attached hydrogens (tertiary/aromatic N) is 1. The van der Waals surface area contributed by atoms with Crippen molar-refractivity contribution in [1.29, 1.82) is 0 Å². The first-order chi connectivity index (χ1) is 7.44. The number of aromatic nitrogens is 1. The van der Waals surface area contributed by atoms with Gasteiger partial charge in [0, 0.05) is 17.9 Å². The van der Waals surface area contributed by atoms with E-state index in [9.17, 15) is 4.79 Å². The third-order valence-electron chi connectivity index (χ3n) is 3.56. The summed E-state index contributed by atoms with van der Waals surface area (Å²) in [5.74, 6) is -0.315. The fraction of sp³-hybridized carbons (Fsp3) is 0.583. The zero-order chi connectivity index (χ0) is 11.9. The van der Waals surface area contributed by atoms with E-state index in [1.54, 1.807) is 0 Å². The van der Waals surface area contributed by atoms with Crippen LogP contribution in [-0.2, 0) is 16.8 Å². The summed E-state index contributed by atoms with van der Waals surface area (Å²) in [5, 5.41) is 0. The molecule has 1 aromatic rings. The van der Waals surface area contributed by atoms with E-state index in [0.29, 0.717) is 0 Å². The molecule has 0 saturated heterocycles. The molecule has 4 heteroatoms. The first kappa shape index (κ1) is 11.2. The van der Waals surface area contributed by atoms with Gasteiger partial charge in [0.05, 0.1) is 0 Å². The number of fused-ring (bicyclic) bond motifs is 1. The van der Waals surface area contributed by atoms with Crippen LogP contribution in [0.5, 0.6) is 0 Å². The van der Waals surface area contributed by atoms with E-state index < -0.39 is 5.54 Å². The number of carbonyl (C=O) groups excluding carboxylic acids is 1. The SMILES string of the molecule is CC(C)(C(N)=O)n1ccc2c1CCCC2N. The topological polar surface area (TPSA) is 74.0 Å². The van der Waals surface area contributed by atoms with Crippen LogP contribution < -0.4 is 11.5 Å². The number of carbonyl (C=O) groups is 1. The Kier molecular flexibility index (Phi) is 2.54. The Balaban J connectivity index is 2.48. The molecular weight excluding hydrogens is 202 g/mol. The Labute approximate surface area is 95.6 Å². The van der Waals surface area contributed by atoms with Crippen molar-refractivity contribution >= 4 is 5.91 Å². The Morgan fingerprint density at radius 1 is 1.56 bits per heavy atom. The highest BCUT2D eigenvalue weighted by Crippen LogP contribution is 2.32. The molecule has 0 radical (unpaired) electrons. The average Bonchev–Trinajstić information content (AvgIpc) is 2.63. The van der Waals surface area contributed by atoms with Crippen molar-refractivity contribution in [2.24, 2.45) is 11.5 Å². The highest BCUT2D eigenvalue weighted by atomic mass is 16.1. The molecule has 1 unspecified atom stereocenters. The number of nitrogens with two attached hydrogens (primary N) is 2. The van der Waals surface area contributed by atoms with Gasteiger partial charge in [0.15, 0.2) is 0 Å². The second-order valence-electron chi connectivity index (χ2n) is 5.01. The molecule has 0 spiro atoms. The van der Waals surface area contributed by atoms with Crippen LogP contribution in [0.2, 0.25) is 0 Å². The molecular formula is C12H19N3O. The van der Waals surface area contributed by atoms with Crippen LogP contribution >= 0.6 is 0 Å². The molecule has 16 heavy (non-hydrogen) atoms. The maximum atomic E-state index is 11.5. The summed E-state index contributed by atoms with van der Waals surface area (Å²) < 4.78 is 1.98. The quantitative estimate of drug-likeness (QED) is 0.783. The number of amides is 1. The molecule has 4 nitrogen and oxygen atoms in total. The van der Waals surface area contributed by atoms with Gasteiger partial charge >= 0.3 is 0 Å². The van der Waals surface area contributed by atoms with E-state index in [1.165, 1.54) is 11.3 Å². The second-order valence-corrected chi connectivity index (χ2v) is 5.01. The number of rotatable bonds is 2. The van der Waals surface area contributed by atoms with Crippen LogP contribution in [0.3, 0.4) is 0 Å². The van der Waals surface area contributed by atoms with E-state index in [1.807, 2.05) is 30.7 Å². The normalized spacial score (nSPS) is 20.6. The largest absolute Gasteiger partial charge is 0.368 e. The van der Waals surface area contributed by atoms with Crippen molar-refractivity contribution in [3.8, 4) is 0 Å². The van der Waals surface area contributed by atoms with Crippen molar-refractivity contribution in [1.82, 2.24) is 4.57 Å². The predicted molar refractivity (Wildman–Crippen MR) is 62.8 cm³/mol. The minimum atomic E-state index is -0.676. The molecule has 4 N–H and O–H groups in total. The van der Waals surface area contributed by atoms with Gasteiger partial charge in [0.25, 0.3) is 0 Å². The van der Waals surface area contributed by atoms with Crippen molar-refractivity contribution < 1.29 is 4.79 Å². The molecule has 88 valence electrons. The second kappa shape index (κ2) is 3.63. The summed E-state index contributed by atoms with van der Waals surface area (Å²) in [5.41, 5.74) is 13.1. The summed E-state index contributed by atoms with van der Waals surface area (Å²) >= 11 is 0. The fourth-order valence-corrected chi connectivity index (χ4v) is 2.37. The standard InChI is InChI=1S/C12H19N3O/c1-12(2,11(14)16)15-7-6-8-9(13)4-3-5-10(8)15/h6-7,9H,3-5,13H2,1-2H3,(H2,14,16). The minimum Gasteiger partial charge on any atom is -0.368 e. The van der Waals surface area contributed by atoms with Gasteiger partial charge in [0.2, 0.25) is 5.91 Å². The highest BCUT2D eigenvalue weighted by molar-refractivity contribution is 5.82. The molecule has 1 heterocycles. The first-order valence-electron chi connectivity index (χ1n) is 5.70. The Morgan fingerprint density at radius 3 is 2.88 bits per heavy atom. The summed E-state index contributed by atoms with van der Waals surface area (Å²) in [6, 6.07) is 2.12. The van der Waals surface area contributed by atoms with Gasteiger partial charge in [-0.25, -0.2) is 0 Å². The van der Waals surface area contributed by atoms with E-state index in [4.69, 9.17) is 11.5 Å². The summed E-state index contributed by atoms with van der Waals surface area (Å²) in [6.45, 7) is 3.69. The average molecular weight is 221 g/mol. The minimum absolute atomic E-state index is 0.105. The van der Waals surface area contributed by atoms with E-state index in [-0.39, 0.29) is 11.9 Å². The molecule has 1 aliphatic rings. The van der Waals surface area contributed by atoms with Gasteiger partial charge < -0.3 is 16.0 Å². The molecule has 0 aromatic carbocycles. The summed E-state index contributed by atoms with van der Waals surface area (Å²) in [7, 11) is 0. The van der Waals surface area contributed by atoms with Crippen LogP contribution in [0.1, 0.15) is 44.0 Å². The van der Waals surface area contributed by atoms with Crippen LogP contribution in [0.25, 0.3) is 0 Å². The molecule has 1 amide bonds. The lowest BCUT2D eigenvalue weighted by Crippen LogP contribution is -2.42. The molecule has 2 rings (SSSR count). The van der Waals surface area contributed by atoms with Gasteiger partial charge in [-0.05, 0) is 44.7 Å². The van der Waals surface area contributed by atoms with E-state index >= 15 is 0 Å². The molecule has 0 saturated carbocycles.